The first-order chi connectivity index (χ1) is 13.6. The first-order valence-corrected chi connectivity index (χ1v) is 10.0. The van der Waals surface area contributed by atoms with Crippen LogP contribution in [0.4, 0.5) is 6.01 Å². The van der Waals surface area contributed by atoms with Gasteiger partial charge in [-0.25, -0.2) is 0 Å². The van der Waals surface area contributed by atoms with Crippen LogP contribution in [0.1, 0.15) is 25.0 Å². The summed E-state index contributed by atoms with van der Waals surface area (Å²) in [5.74, 6) is 0.375. The normalized spacial score (nSPS) is 17.2. The molecule has 3 heterocycles. The van der Waals surface area contributed by atoms with E-state index in [4.69, 9.17) is 16.0 Å². The first-order valence-electron chi connectivity index (χ1n) is 9.64. The molecular formula is C20H24ClN5O2. The molecule has 1 aliphatic heterocycles. The number of benzene rings is 1. The second-order valence-electron chi connectivity index (χ2n) is 7.31. The molecule has 1 atom stereocenters. The molecule has 1 N–H and O–H groups in total. The summed E-state index contributed by atoms with van der Waals surface area (Å²) in [7, 11) is 0. The zero-order chi connectivity index (χ0) is 19.5. The smallest absolute Gasteiger partial charge is 0.298 e. The second-order valence-corrected chi connectivity index (χ2v) is 7.75. The van der Waals surface area contributed by atoms with Gasteiger partial charge in [0.1, 0.15) is 5.52 Å². The summed E-state index contributed by atoms with van der Waals surface area (Å²) in [5.41, 5.74) is 2.58. The Morgan fingerprint density at radius 3 is 3.11 bits per heavy atom. The number of anilines is 1. The van der Waals surface area contributed by atoms with E-state index < -0.39 is 0 Å². The number of fused-ring (bicyclic) bond motifs is 1. The van der Waals surface area contributed by atoms with Crippen molar-refractivity contribution in [3.05, 3.63) is 41.2 Å². The van der Waals surface area contributed by atoms with E-state index in [0.29, 0.717) is 42.0 Å². The molecule has 2 aromatic heterocycles. The van der Waals surface area contributed by atoms with Gasteiger partial charge in [-0.05, 0) is 43.9 Å². The van der Waals surface area contributed by atoms with E-state index in [1.807, 2.05) is 29.8 Å². The molecule has 1 aliphatic rings. The molecule has 148 valence electrons. The van der Waals surface area contributed by atoms with Crippen molar-refractivity contribution in [1.29, 1.82) is 0 Å². The Labute approximate surface area is 168 Å². The van der Waals surface area contributed by atoms with Crippen LogP contribution in [0, 0.1) is 12.8 Å². The van der Waals surface area contributed by atoms with Crippen LogP contribution in [-0.4, -0.2) is 40.3 Å². The lowest BCUT2D eigenvalue weighted by molar-refractivity contribution is -0.122. The summed E-state index contributed by atoms with van der Waals surface area (Å²) in [6, 6.07) is 8.02. The third kappa shape index (κ3) is 4.30. The van der Waals surface area contributed by atoms with Gasteiger partial charge < -0.3 is 14.6 Å². The zero-order valence-corrected chi connectivity index (χ0v) is 16.7. The zero-order valence-electron chi connectivity index (χ0n) is 15.9. The molecule has 1 fully saturated rings. The molecule has 1 amide bonds. The number of amides is 1. The summed E-state index contributed by atoms with van der Waals surface area (Å²) < 4.78 is 7.77. The fourth-order valence-electron chi connectivity index (χ4n) is 3.70. The summed E-state index contributed by atoms with van der Waals surface area (Å²) >= 11 is 6.03. The standard InChI is InChI=1S/C20H24ClN5O2/c1-14-6-7-23-26(14)10-8-22-19(27)11-15-3-2-9-25(13-15)20-24-17-5-4-16(21)12-18(17)28-20/h4-7,12,15H,2-3,8-11,13H2,1H3,(H,22,27). The van der Waals surface area contributed by atoms with Crippen LogP contribution in [0.3, 0.4) is 0 Å². The third-order valence-electron chi connectivity index (χ3n) is 5.18. The number of oxazole rings is 1. The summed E-state index contributed by atoms with van der Waals surface area (Å²) in [6.07, 6.45) is 4.34. The lowest BCUT2D eigenvalue weighted by Gasteiger charge is -2.31. The Bertz CT molecular complexity index is 967. The monoisotopic (exact) mass is 401 g/mol. The number of carbonyl (C=O) groups excluding carboxylic acids is 1. The van der Waals surface area contributed by atoms with Crippen molar-refractivity contribution in [3.63, 3.8) is 0 Å². The van der Waals surface area contributed by atoms with Gasteiger partial charge in [-0.15, -0.1) is 0 Å². The molecule has 0 radical (unpaired) electrons. The molecule has 3 aromatic rings. The number of nitrogens with one attached hydrogen (secondary N) is 1. The Balaban J connectivity index is 1.30. The van der Waals surface area contributed by atoms with E-state index >= 15 is 0 Å². The van der Waals surface area contributed by atoms with E-state index in [1.54, 1.807) is 12.3 Å². The maximum absolute atomic E-state index is 12.3. The average Bonchev–Trinajstić information content (AvgIpc) is 3.28. The fourth-order valence-corrected chi connectivity index (χ4v) is 3.86. The number of halogens is 1. The van der Waals surface area contributed by atoms with Gasteiger partial charge in [-0.1, -0.05) is 11.6 Å². The maximum atomic E-state index is 12.3. The van der Waals surface area contributed by atoms with Gasteiger partial charge in [0.05, 0.1) is 6.54 Å². The number of piperidine rings is 1. The van der Waals surface area contributed by atoms with Crippen LogP contribution < -0.4 is 10.2 Å². The van der Waals surface area contributed by atoms with Gasteiger partial charge in [0, 0.05) is 49.0 Å². The van der Waals surface area contributed by atoms with Crippen LogP contribution >= 0.6 is 11.6 Å². The van der Waals surface area contributed by atoms with Crippen molar-refractivity contribution in [2.45, 2.75) is 32.7 Å². The predicted molar refractivity (Wildman–Crippen MR) is 109 cm³/mol. The molecule has 0 spiro atoms. The molecular weight excluding hydrogens is 378 g/mol. The molecule has 7 nitrogen and oxygen atoms in total. The van der Waals surface area contributed by atoms with Crippen molar-refractivity contribution in [3.8, 4) is 0 Å². The van der Waals surface area contributed by atoms with Gasteiger partial charge in [0.2, 0.25) is 5.91 Å². The SMILES string of the molecule is Cc1ccnn1CCNC(=O)CC1CCCN(c2nc3ccc(Cl)cc3o2)C1. The van der Waals surface area contributed by atoms with E-state index in [9.17, 15) is 4.79 Å². The Kier molecular flexibility index (Phi) is 5.52. The van der Waals surface area contributed by atoms with E-state index in [0.717, 1.165) is 37.1 Å². The Morgan fingerprint density at radius 1 is 1.39 bits per heavy atom. The van der Waals surface area contributed by atoms with E-state index in [2.05, 4.69) is 20.3 Å². The highest BCUT2D eigenvalue weighted by Crippen LogP contribution is 2.28. The predicted octanol–water partition coefficient (Wildman–Crippen LogP) is 3.41. The molecule has 1 unspecified atom stereocenters. The highest BCUT2D eigenvalue weighted by molar-refractivity contribution is 6.31. The van der Waals surface area contributed by atoms with Crippen molar-refractivity contribution in [1.82, 2.24) is 20.1 Å². The van der Waals surface area contributed by atoms with Crippen molar-refractivity contribution >= 4 is 34.6 Å². The number of carbonyl (C=O) groups is 1. The van der Waals surface area contributed by atoms with Crippen LogP contribution in [-0.2, 0) is 11.3 Å². The highest BCUT2D eigenvalue weighted by Gasteiger charge is 2.25. The lowest BCUT2D eigenvalue weighted by atomic mass is 9.95. The van der Waals surface area contributed by atoms with Gasteiger partial charge in [0.15, 0.2) is 5.58 Å². The van der Waals surface area contributed by atoms with Crippen molar-refractivity contribution < 1.29 is 9.21 Å². The molecule has 0 aliphatic carbocycles. The summed E-state index contributed by atoms with van der Waals surface area (Å²) in [6.45, 7) is 4.94. The maximum Gasteiger partial charge on any atom is 0.298 e. The minimum atomic E-state index is 0.0843. The molecule has 1 aromatic carbocycles. The Morgan fingerprint density at radius 2 is 2.29 bits per heavy atom. The third-order valence-corrected chi connectivity index (χ3v) is 5.41. The topological polar surface area (TPSA) is 76.2 Å². The van der Waals surface area contributed by atoms with Gasteiger partial charge >= 0.3 is 0 Å². The number of rotatable bonds is 6. The number of aromatic nitrogens is 3. The lowest BCUT2D eigenvalue weighted by Crippen LogP contribution is -2.38. The summed E-state index contributed by atoms with van der Waals surface area (Å²) in [4.78, 5) is 19.0. The largest absolute Gasteiger partial charge is 0.423 e. The van der Waals surface area contributed by atoms with Crippen LogP contribution in [0.25, 0.3) is 11.1 Å². The van der Waals surface area contributed by atoms with Gasteiger partial charge in [-0.3, -0.25) is 9.48 Å². The molecule has 8 heteroatoms. The van der Waals surface area contributed by atoms with Crippen LogP contribution in [0.5, 0.6) is 0 Å². The minimum absolute atomic E-state index is 0.0843. The number of hydrogen-bond donors (Lipinski definition) is 1. The molecule has 0 saturated carbocycles. The summed E-state index contributed by atoms with van der Waals surface area (Å²) in [5, 5.41) is 7.87. The van der Waals surface area contributed by atoms with E-state index in [1.165, 1.54) is 0 Å². The first kappa shape index (κ1) is 18.8. The quantitative estimate of drug-likeness (QED) is 0.685. The Hall–Kier alpha value is -2.54. The molecule has 0 bridgehead atoms. The molecule has 4 rings (SSSR count). The van der Waals surface area contributed by atoms with Gasteiger partial charge in [-0.2, -0.15) is 10.1 Å². The number of aryl methyl sites for hydroxylation is 1. The second kappa shape index (κ2) is 8.22. The average molecular weight is 402 g/mol. The minimum Gasteiger partial charge on any atom is -0.423 e. The molecule has 28 heavy (non-hydrogen) atoms. The van der Waals surface area contributed by atoms with Crippen LogP contribution in [0.15, 0.2) is 34.9 Å². The highest BCUT2D eigenvalue weighted by atomic mass is 35.5. The number of hydrogen-bond acceptors (Lipinski definition) is 5. The van der Waals surface area contributed by atoms with Crippen molar-refractivity contribution in [2.75, 3.05) is 24.5 Å². The van der Waals surface area contributed by atoms with E-state index in [-0.39, 0.29) is 5.91 Å². The van der Waals surface area contributed by atoms with Crippen molar-refractivity contribution in [2.24, 2.45) is 5.92 Å². The van der Waals surface area contributed by atoms with Gasteiger partial charge in [0.25, 0.3) is 6.01 Å². The number of nitrogens with zero attached hydrogens (tertiary/aromatic N) is 4. The fraction of sp³-hybridized carbons (Fsp3) is 0.450. The molecule has 1 saturated heterocycles. The van der Waals surface area contributed by atoms with Crippen LogP contribution in [0.2, 0.25) is 5.02 Å².